The van der Waals surface area contributed by atoms with Gasteiger partial charge in [0, 0.05) is 31.3 Å². The van der Waals surface area contributed by atoms with Gasteiger partial charge in [-0.25, -0.2) is 0 Å². The maximum Gasteiger partial charge on any atom is 0.219 e. The van der Waals surface area contributed by atoms with Gasteiger partial charge in [-0.1, -0.05) is 6.92 Å². The van der Waals surface area contributed by atoms with Gasteiger partial charge in [0.15, 0.2) is 0 Å². The van der Waals surface area contributed by atoms with E-state index in [0.29, 0.717) is 13.0 Å². The summed E-state index contributed by atoms with van der Waals surface area (Å²) < 4.78 is 1.84. The van der Waals surface area contributed by atoms with Gasteiger partial charge < -0.3 is 5.32 Å². The highest BCUT2D eigenvalue weighted by Gasteiger charge is 1.99. The number of aromatic nitrogens is 2. The summed E-state index contributed by atoms with van der Waals surface area (Å²) in [4.78, 5) is 10.9. The molecule has 72 valence electrons. The molecule has 0 spiro atoms. The standard InChI is InChI=1S/C9H15N3O/c1-3-9(13)10-5-8-6-11-12(4-2)7-8/h6-7H,3-5H2,1-2H3,(H,10,13). The Hall–Kier alpha value is -1.32. The third-order valence-electron chi connectivity index (χ3n) is 1.82. The van der Waals surface area contributed by atoms with Crippen LogP contribution in [0.4, 0.5) is 0 Å². The zero-order valence-electron chi connectivity index (χ0n) is 8.08. The van der Waals surface area contributed by atoms with Crippen LogP contribution in [0.3, 0.4) is 0 Å². The summed E-state index contributed by atoms with van der Waals surface area (Å²) in [6, 6.07) is 0. The van der Waals surface area contributed by atoms with Crippen LogP contribution in [-0.4, -0.2) is 15.7 Å². The van der Waals surface area contributed by atoms with Crippen LogP contribution in [-0.2, 0) is 17.9 Å². The van der Waals surface area contributed by atoms with Crippen LogP contribution in [0.2, 0.25) is 0 Å². The third kappa shape index (κ3) is 2.89. The van der Waals surface area contributed by atoms with Crippen LogP contribution in [0.1, 0.15) is 25.8 Å². The highest BCUT2D eigenvalue weighted by atomic mass is 16.1. The number of hydrogen-bond donors (Lipinski definition) is 1. The van der Waals surface area contributed by atoms with E-state index in [4.69, 9.17) is 0 Å². The molecule has 0 saturated carbocycles. The average Bonchev–Trinajstić information content (AvgIpc) is 2.61. The summed E-state index contributed by atoms with van der Waals surface area (Å²) in [6.45, 7) is 5.31. The van der Waals surface area contributed by atoms with E-state index in [0.717, 1.165) is 12.1 Å². The lowest BCUT2D eigenvalue weighted by molar-refractivity contribution is -0.120. The van der Waals surface area contributed by atoms with Crippen molar-refractivity contribution in [3.8, 4) is 0 Å². The lowest BCUT2D eigenvalue weighted by Crippen LogP contribution is -2.21. The summed E-state index contributed by atoms with van der Waals surface area (Å²) >= 11 is 0. The molecule has 1 rings (SSSR count). The fourth-order valence-electron chi connectivity index (χ4n) is 0.996. The number of hydrogen-bond acceptors (Lipinski definition) is 2. The quantitative estimate of drug-likeness (QED) is 0.751. The second kappa shape index (κ2) is 4.64. The van der Waals surface area contributed by atoms with Crippen LogP contribution in [0.15, 0.2) is 12.4 Å². The molecule has 0 fully saturated rings. The first-order valence-corrected chi connectivity index (χ1v) is 4.54. The molecule has 0 bridgehead atoms. The highest BCUT2D eigenvalue weighted by Crippen LogP contribution is 1.96. The molecule has 1 aromatic rings. The Bertz CT molecular complexity index is 280. The first-order chi connectivity index (χ1) is 6.26. The molecule has 1 amide bonds. The number of amides is 1. The summed E-state index contributed by atoms with van der Waals surface area (Å²) in [5.74, 6) is 0.0734. The molecule has 1 N–H and O–H groups in total. The van der Waals surface area contributed by atoms with Gasteiger partial charge in [0.25, 0.3) is 0 Å². The molecule has 1 aromatic heterocycles. The van der Waals surface area contributed by atoms with E-state index in [1.54, 1.807) is 6.20 Å². The minimum absolute atomic E-state index is 0.0734. The fourth-order valence-corrected chi connectivity index (χ4v) is 0.996. The SMILES string of the molecule is CCC(=O)NCc1cnn(CC)c1. The molecule has 0 saturated heterocycles. The lowest BCUT2D eigenvalue weighted by Gasteiger charge is -1.99. The Morgan fingerprint density at radius 1 is 1.62 bits per heavy atom. The Kier molecular flexibility index (Phi) is 3.49. The number of carbonyl (C=O) groups excluding carboxylic acids is 1. The highest BCUT2D eigenvalue weighted by molar-refractivity contribution is 5.75. The molecule has 0 radical (unpaired) electrons. The predicted octanol–water partition coefficient (Wildman–Crippen LogP) is 0.929. The minimum Gasteiger partial charge on any atom is -0.352 e. The van der Waals surface area contributed by atoms with E-state index < -0.39 is 0 Å². The minimum atomic E-state index is 0.0734. The first-order valence-electron chi connectivity index (χ1n) is 4.54. The van der Waals surface area contributed by atoms with Crippen molar-refractivity contribution < 1.29 is 4.79 Å². The van der Waals surface area contributed by atoms with Gasteiger partial charge in [0.2, 0.25) is 5.91 Å². The number of aryl methyl sites for hydroxylation is 1. The molecular formula is C9H15N3O. The van der Waals surface area contributed by atoms with Gasteiger partial charge >= 0.3 is 0 Å². The van der Waals surface area contributed by atoms with E-state index >= 15 is 0 Å². The van der Waals surface area contributed by atoms with Gasteiger partial charge in [-0.3, -0.25) is 9.48 Å². The Morgan fingerprint density at radius 3 is 2.92 bits per heavy atom. The van der Waals surface area contributed by atoms with Gasteiger partial charge in [-0.2, -0.15) is 5.10 Å². The van der Waals surface area contributed by atoms with Crippen LogP contribution in [0.5, 0.6) is 0 Å². The van der Waals surface area contributed by atoms with Gasteiger partial charge in [-0.05, 0) is 6.92 Å². The van der Waals surface area contributed by atoms with Crippen LogP contribution in [0.25, 0.3) is 0 Å². The molecule has 0 aliphatic carbocycles. The molecule has 0 aliphatic heterocycles. The van der Waals surface area contributed by atoms with Gasteiger partial charge in [0.1, 0.15) is 0 Å². The summed E-state index contributed by atoms with van der Waals surface area (Å²) in [5.41, 5.74) is 1.05. The number of nitrogens with zero attached hydrogens (tertiary/aromatic N) is 2. The zero-order valence-corrected chi connectivity index (χ0v) is 8.08. The largest absolute Gasteiger partial charge is 0.352 e. The molecular weight excluding hydrogens is 166 g/mol. The van der Waals surface area contributed by atoms with Crippen LogP contribution in [0, 0.1) is 0 Å². The van der Waals surface area contributed by atoms with Crippen molar-refractivity contribution in [2.45, 2.75) is 33.4 Å². The molecule has 4 heteroatoms. The number of carbonyl (C=O) groups is 1. The normalized spacial score (nSPS) is 10.0. The second-order valence-electron chi connectivity index (χ2n) is 2.83. The first kappa shape index (κ1) is 9.77. The average molecular weight is 181 g/mol. The van der Waals surface area contributed by atoms with Crippen molar-refractivity contribution in [1.82, 2.24) is 15.1 Å². The number of nitrogens with one attached hydrogen (secondary N) is 1. The fraction of sp³-hybridized carbons (Fsp3) is 0.556. The van der Waals surface area contributed by atoms with Crippen molar-refractivity contribution >= 4 is 5.91 Å². The molecule has 13 heavy (non-hydrogen) atoms. The molecule has 0 aliphatic rings. The van der Waals surface area contributed by atoms with E-state index in [2.05, 4.69) is 10.4 Å². The Morgan fingerprint density at radius 2 is 2.38 bits per heavy atom. The van der Waals surface area contributed by atoms with Crippen molar-refractivity contribution in [2.75, 3.05) is 0 Å². The van der Waals surface area contributed by atoms with Crippen molar-refractivity contribution in [3.63, 3.8) is 0 Å². The third-order valence-corrected chi connectivity index (χ3v) is 1.82. The van der Waals surface area contributed by atoms with Crippen LogP contribution < -0.4 is 5.32 Å². The molecule has 0 aromatic carbocycles. The smallest absolute Gasteiger partial charge is 0.219 e. The van der Waals surface area contributed by atoms with E-state index in [-0.39, 0.29) is 5.91 Å². The van der Waals surface area contributed by atoms with Crippen molar-refractivity contribution in [1.29, 1.82) is 0 Å². The molecule has 0 unspecified atom stereocenters. The topological polar surface area (TPSA) is 46.9 Å². The van der Waals surface area contributed by atoms with Gasteiger partial charge in [0.05, 0.1) is 6.20 Å². The number of rotatable bonds is 4. The maximum atomic E-state index is 10.9. The molecule has 4 nitrogen and oxygen atoms in total. The monoisotopic (exact) mass is 181 g/mol. The zero-order chi connectivity index (χ0) is 9.68. The van der Waals surface area contributed by atoms with E-state index in [9.17, 15) is 4.79 Å². The van der Waals surface area contributed by atoms with Crippen LogP contribution >= 0.6 is 0 Å². The summed E-state index contributed by atoms with van der Waals surface area (Å²) in [6.07, 6.45) is 4.25. The van der Waals surface area contributed by atoms with E-state index in [1.807, 2.05) is 24.7 Å². The van der Waals surface area contributed by atoms with Crippen molar-refractivity contribution in [2.24, 2.45) is 0 Å². The van der Waals surface area contributed by atoms with E-state index in [1.165, 1.54) is 0 Å². The second-order valence-corrected chi connectivity index (χ2v) is 2.83. The van der Waals surface area contributed by atoms with Gasteiger partial charge in [-0.15, -0.1) is 0 Å². The lowest BCUT2D eigenvalue weighted by atomic mass is 10.3. The summed E-state index contributed by atoms with van der Waals surface area (Å²) in [7, 11) is 0. The Balaban J connectivity index is 2.41. The Labute approximate surface area is 77.9 Å². The molecule has 1 heterocycles. The van der Waals surface area contributed by atoms with Crippen molar-refractivity contribution in [3.05, 3.63) is 18.0 Å². The summed E-state index contributed by atoms with van der Waals surface area (Å²) in [5, 5.41) is 6.90. The molecule has 0 atom stereocenters. The maximum absolute atomic E-state index is 10.9. The predicted molar refractivity (Wildman–Crippen MR) is 50.0 cm³/mol.